The second-order valence-electron chi connectivity index (χ2n) is 7.24. The van der Waals surface area contributed by atoms with Gasteiger partial charge in [0.25, 0.3) is 0 Å². The van der Waals surface area contributed by atoms with Crippen LogP contribution < -0.4 is 5.32 Å². The molecule has 0 bridgehead atoms. The molecule has 0 radical (unpaired) electrons. The van der Waals surface area contributed by atoms with Gasteiger partial charge in [-0.3, -0.25) is 0 Å². The van der Waals surface area contributed by atoms with Crippen molar-refractivity contribution < 1.29 is 0 Å². The van der Waals surface area contributed by atoms with Crippen molar-refractivity contribution in [3.05, 3.63) is 11.6 Å². The Morgan fingerprint density at radius 1 is 1.05 bits per heavy atom. The SMILES string of the molecule is CC(NC1C(C)CCCC1C)c1nnc2n1CCCCC2. The summed E-state index contributed by atoms with van der Waals surface area (Å²) in [4.78, 5) is 0. The van der Waals surface area contributed by atoms with E-state index < -0.39 is 0 Å². The Balaban J connectivity index is 1.73. The largest absolute Gasteiger partial charge is 0.314 e. The Labute approximate surface area is 128 Å². The second kappa shape index (κ2) is 6.47. The fraction of sp³-hybridized carbons (Fsp3) is 0.882. The van der Waals surface area contributed by atoms with Crippen molar-refractivity contribution in [2.75, 3.05) is 0 Å². The third kappa shape index (κ3) is 3.15. The molecule has 1 fully saturated rings. The van der Waals surface area contributed by atoms with Gasteiger partial charge in [-0.25, -0.2) is 0 Å². The summed E-state index contributed by atoms with van der Waals surface area (Å²) in [5.74, 6) is 3.88. The van der Waals surface area contributed by atoms with Gasteiger partial charge in [-0.1, -0.05) is 26.7 Å². The van der Waals surface area contributed by atoms with Crippen LogP contribution in [0.2, 0.25) is 0 Å². The summed E-state index contributed by atoms with van der Waals surface area (Å²) >= 11 is 0. The number of aryl methyl sites for hydroxylation is 1. The molecule has 1 aliphatic heterocycles. The molecule has 0 amide bonds. The zero-order valence-electron chi connectivity index (χ0n) is 13.8. The van der Waals surface area contributed by atoms with Crippen LogP contribution in [0.1, 0.15) is 77.0 Å². The summed E-state index contributed by atoms with van der Waals surface area (Å²) in [5.41, 5.74) is 0. The van der Waals surface area contributed by atoms with Gasteiger partial charge in [-0.2, -0.15) is 0 Å². The van der Waals surface area contributed by atoms with Crippen molar-refractivity contribution in [1.82, 2.24) is 20.1 Å². The van der Waals surface area contributed by atoms with Crippen LogP contribution in [0, 0.1) is 11.8 Å². The zero-order valence-corrected chi connectivity index (χ0v) is 13.8. The van der Waals surface area contributed by atoms with Crippen LogP contribution in [0.5, 0.6) is 0 Å². The van der Waals surface area contributed by atoms with Crippen LogP contribution in [0.3, 0.4) is 0 Å². The molecule has 3 unspecified atom stereocenters. The smallest absolute Gasteiger partial charge is 0.149 e. The van der Waals surface area contributed by atoms with Crippen molar-refractivity contribution >= 4 is 0 Å². The van der Waals surface area contributed by atoms with Gasteiger partial charge in [0.1, 0.15) is 11.6 Å². The molecular weight excluding hydrogens is 260 g/mol. The first kappa shape index (κ1) is 15.0. The molecule has 1 aliphatic carbocycles. The van der Waals surface area contributed by atoms with E-state index in [2.05, 4.69) is 40.9 Å². The Morgan fingerprint density at radius 3 is 2.57 bits per heavy atom. The average Bonchev–Trinajstić information content (AvgIpc) is 2.72. The molecule has 3 rings (SSSR count). The Kier molecular flexibility index (Phi) is 4.63. The Bertz CT molecular complexity index is 457. The van der Waals surface area contributed by atoms with Crippen LogP contribution in [-0.2, 0) is 13.0 Å². The molecule has 0 spiro atoms. The van der Waals surface area contributed by atoms with Crippen molar-refractivity contribution in [3.8, 4) is 0 Å². The maximum Gasteiger partial charge on any atom is 0.149 e. The van der Waals surface area contributed by atoms with Crippen molar-refractivity contribution in [2.24, 2.45) is 11.8 Å². The number of aromatic nitrogens is 3. The highest BCUT2D eigenvalue weighted by Gasteiger charge is 2.30. The molecule has 3 atom stereocenters. The summed E-state index contributed by atoms with van der Waals surface area (Å²) in [6.45, 7) is 8.14. The van der Waals surface area contributed by atoms with Gasteiger partial charge in [-0.15, -0.1) is 10.2 Å². The van der Waals surface area contributed by atoms with E-state index in [1.165, 1.54) is 44.3 Å². The van der Waals surface area contributed by atoms with Crippen LogP contribution in [0.15, 0.2) is 0 Å². The van der Waals surface area contributed by atoms with E-state index >= 15 is 0 Å². The molecule has 0 aromatic carbocycles. The molecule has 4 nitrogen and oxygen atoms in total. The topological polar surface area (TPSA) is 42.7 Å². The van der Waals surface area contributed by atoms with Crippen LogP contribution in [-0.4, -0.2) is 20.8 Å². The maximum atomic E-state index is 4.51. The normalized spacial score (nSPS) is 31.5. The summed E-state index contributed by atoms with van der Waals surface area (Å²) < 4.78 is 2.38. The fourth-order valence-electron chi connectivity index (χ4n) is 4.20. The first-order chi connectivity index (χ1) is 10.2. The summed E-state index contributed by atoms with van der Waals surface area (Å²) in [5, 5.41) is 12.8. The highest BCUT2D eigenvalue weighted by atomic mass is 15.3. The molecule has 2 aliphatic rings. The van der Waals surface area contributed by atoms with Gasteiger partial charge in [0.15, 0.2) is 0 Å². The third-order valence-corrected chi connectivity index (χ3v) is 5.51. The fourth-order valence-corrected chi connectivity index (χ4v) is 4.20. The van der Waals surface area contributed by atoms with Crippen molar-refractivity contribution in [2.45, 2.75) is 84.3 Å². The molecule has 4 heteroatoms. The van der Waals surface area contributed by atoms with E-state index in [0.29, 0.717) is 12.1 Å². The molecule has 1 N–H and O–H groups in total. The summed E-state index contributed by atoms with van der Waals surface area (Å²) in [7, 11) is 0. The van der Waals surface area contributed by atoms with Gasteiger partial charge in [0.2, 0.25) is 0 Å². The lowest BCUT2D eigenvalue weighted by atomic mass is 9.78. The number of nitrogens with zero attached hydrogens (tertiary/aromatic N) is 3. The first-order valence-electron chi connectivity index (χ1n) is 8.85. The quantitative estimate of drug-likeness (QED) is 0.926. The highest BCUT2D eigenvalue weighted by Crippen LogP contribution is 2.30. The summed E-state index contributed by atoms with van der Waals surface area (Å²) in [6.07, 6.45) is 9.03. The second-order valence-corrected chi connectivity index (χ2v) is 7.24. The molecular formula is C17H30N4. The molecule has 21 heavy (non-hydrogen) atoms. The minimum atomic E-state index is 0.303. The number of fused-ring (bicyclic) bond motifs is 1. The molecule has 118 valence electrons. The van der Waals surface area contributed by atoms with E-state index in [1.807, 2.05) is 0 Å². The van der Waals surface area contributed by atoms with Crippen molar-refractivity contribution in [3.63, 3.8) is 0 Å². The minimum absolute atomic E-state index is 0.303. The standard InChI is InChI=1S/C17H30N4/c1-12-8-7-9-13(2)16(12)18-14(3)17-20-19-15-10-5-4-6-11-21(15)17/h12-14,16,18H,4-11H2,1-3H3. The van der Waals surface area contributed by atoms with Crippen molar-refractivity contribution in [1.29, 1.82) is 0 Å². The third-order valence-electron chi connectivity index (χ3n) is 5.51. The van der Waals surface area contributed by atoms with E-state index in [1.54, 1.807) is 0 Å². The number of rotatable bonds is 3. The predicted molar refractivity (Wildman–Crippen MR) is 85.1 cm³/mol. The van der Waals surface area contributed by atoms with Gasteiger partial charge in [0, 0.05) is 19.0 Å². The molecule has 1 aromatic rings. The Hall–Kier alpha value is -0.900. The first-order valence-corrected chi connectivity index (χ1v) is 8.85. The van der Waals surface area contributed by atoms with E-state index in [0.717, 1.165) is 30.6 Å². The lowest BCUT2D eigenvalue weighted by Crippen LogP contribution is -2.44. The lowest BCUT2D eigenvalue weighted by Gasteiger charge is -2.37. The molecule has 0 saturated heterocycles. The van der Waals surface area contributed by atoms with Gasteiger partial charge in [0.05, 0.1) is 6.04 Å². The van der Waals surface area contributed by atoms with Crippen LogP contribution in [0.25, 0.3) is 0 Å². The molecule has 2 heterocycles. The number of hydrogen-bond acceptors (Lipinski definition) is 3. The molecule has 1 aromatic heterocycles. The van der Waals surface area contributed by atoms with E-state index in [-0.39, 0.29) is 0 Å². The van der Waals surface area contributed by atoms with Gasteiger partial charge < -0.3 is 9.88 Å². The number of hydrogen-bond donors (Lipinski definition) is 1. The van der Waals surface area contributed by atoms with Crippen LogP contribution >= 0.6 is 0 Å². The average molecular weight is 290 g/mol. The lowest BCUT2D eigenvalue weighted by molar-refractivity contribution is 0.193. The predicted octanol–water partition coefficient (Wildman–Crippen LogP) is 3.48. The van der Waals surface area contributed by atoms with Crippen LogP contribution in [0.4, 0.5) is 0 Å². The maximum absolute atomic E-state index is 4.51. The van der Waals surface area contributed by atoms with Gasteiger partial charge >= 0.3 is 0 Å². The molecule has 1 saturated carbocycles. The monoisotopic (exact) mass is 290 g/mol. The van der Waals surface area contributed by atoms with Gasteiger partial charge in [-0.05, 0) is 44.4 Å². The summed E-state index contributed by atoms with van der Waals surface area (Å²) in [6, 6.07) is 0.921. The Morgan fingerprint density at radius 2 is 1.81 bits per heavy atom. The number of nitrogens with one attached hydrogen (secondary N) is 1. The van der Waals surface area contributed by atoms with E-state index in [9.17, 15) is 0 Å². The zero-order chi connectivity index (χ0) is 14.8. The highest BCUT2D eigenvalue weighted by molar-refractivity contribution is 5.03. The van der Waals surface area contributed by atoms with E-state index in [4.69, 9.17) is 0 Å². The minimum Gasteiger partial charge on any atom is -0.314 e.